The van der Waals surface area contributed by atoms with Gasteiger partial charge in [-0.25, -0.2) is 5.48 Å². The van der Waals surface area contributed by atoms with Crippen molar-refractivity contribution in [3.63, 3.8) is 0 Å². The third kappa shape index (κ3) is 2.18. The van der Waals surface area contributed by atoms with Gasteiger partial charge in [0.1, 0.15) is 4.88 Å². The van der Waals surface area contributed by atoms with Crippen molar-refractivity contribution >= 4 is 21.4 Å². The molecule has 2 aromatic rings. The van der Waals surface area contributed by atoms with Gasteiger partial charge >= 0.3 is 6.18 Å². The van der Waals surface area contributed by atoms with Crippen LogP contribution in [0, 0.1) is 0 Å². The Kier molecular flexibility index (Phi) is 2.88. The first-order valence-corrected chi connectivity index (χ1v) is 5.29. The highest BCUT2D eigenvalue weighted by molar-refractivity contribution is 7.19. The normalized spacial score (nSPS) is 12.2. The molecule has 0 saturated heterocycles. The minimum absolute atomic E-state index is 0.215. The fourth-order valence-electron chi connectivity index (χ4n) is 1.43. The highest BCUT2D eigenvalue weighted by atomic mass is 32.1. The van der Waals surface area contributed by atoms with Crippen LogP contribution in [0.1, 0.15) is 10.4 Å². The van der Waals surface area contributed by atoms with E-state index in [0.717, 1.165) is 23.0 Å². The third-order valence-corrected chi connectivity index (χ3v) is 3.30. The van der Waals surface area contributed by atoms with Crippen LogP contribution in [0.15, 0.2) is 24.3 Å². The molecule has 0 unspecified atom stereocenters. The molecule has 0 fully saturated rings. The maximum absolute atomic E-state index is 12.4. The zero-order valence-electron chi connectivity index (χ0n) is 8.01. The standard InChI is InChI=1S/C10H8F3NOS/c11-10(12,13)9-4-7-3-6(5-14-15)1-2-8(7)16-9/h1-4,14-15H,5H2. The van der Waals surface area contributed by atoms with E-state index >= 15 is 0 Å². The summed E-state index contributed by atoms with van der Waals surface area (Å²) < 4.78 is 37.9. The van der Waals surface area contributed by atoms with E-state index in [1.54, 1.807) is 18.2 Å². The van der Waals surface area contributed by atoms with Crippen molar-refractivity contribution in [3.8, 4) is 0 Å². The van der Waals surface area contributed by atoms with E-state index in [1.165, 1.54) is 0 Å². The van der Waals surface area contributed by atoms with Crippen molar-refractivity contribution in [1.29, 1.82) is 0 Å². The van der Waals surface area contributed by atoms with E-state index in [9.17, 15) is 13.2 Å². The predicted molar refractivity (Wildman–Crippen MR) is 55.5 cm³/mol. The summed E-state index contributed by atoms with van der Waals surface area (Å²) in [5, 5.41) is 9.05. The molecule has 0 atom stereocenters. The number of benzene rings is 1. The van der Waals surface area contributed by atoms with E-state index in [0.29, 0.717) is 10.1 Å². The van der Waals surface area contributed by atoms with Gasteiger partial charge in [0.2, 0.25) is 0 Å². The van der Waals surface area contributed by atoms with Gasteiger partial charge in [-0.3, -0.25) is 0 Å². The van der Waals surface area contributed by atoms with Crippen LogP contribution in [0.5, 0.6) is 0 Å². The molecule has 1 aromatic carbocycles. The van der Waals surface area contributed by atoms with Gasteiger partial charge in [0.25, 0.3) is 0 Å². The molecule has 1 heterocycles. The molecule has 86 valence electrons. The molecule has 2 nitrogen and oxygen atoms in total. The maximum Gasteiger partial charge on any atom is 0.425 e. The van der Waals surface area contributed by atoms with E-state index in [2.05, 4.69) is 0 Å². The second-order valence-corrected chi connectivity index (χ2v) is 4.40. The van der Waals surface area contributed by atoms with Crippen LogP contribution in [-0.4, -0.2) is 5.21 Å². The van der Waals surface area contributed by atoms with Gasteiger partial charge in [0, 0.05) is 11.2 Å². The summed E-state index contributed by atoms with van der Waals surface area (Å²) in [6, 6.07) is 6.06. The van der Waals surface area contributed by atoms with Crippen LogP contribution in [0.3, 0.4) is 0 Å². The van der Waals surface area contributed by atoms with Crippen molar-refractivity contribution in [2.75, 3.05) is 0 Å². The number of hydrogen-bond acceptors (Lipinski definition) is 3. The van der Waals surface area contributed by atoms with Crippen molar-refractivity contribution in [3.05, 3.63) is 34.7 Å². The summed E-state index contributed by atoms with van der Waals surface area (Å²) in [6.45, 7) is 0.215. The lowest BCUT2D eigenvalue weighted by molar-refractivity contribution is -0.134. The van der Waals surface area contributed by atoms with Gasteiger partial charge < -0.3 is 5.21 Å². The van der Waals surface area contributed by atoms with Crippen LogP contribution in [0.25, 0.3) is 10.1 Å². The minimum atomic E-state index is -4.29. The van der Waals surface area contributed by atoms with Crippen LogP contribution in [0.2, 0.25) is 0 Å². The smallest absolute Gasteiger partial charge is 0.316 e. The Balaban J connectivity index is 2.46. The van der Waals surface area contributed by atoms with Crippen molar-refractivity contribution in [2.24, 2.45) is 0 Å². The summed E-state index contributed by atoms with van der Waals surface area (Å²) in [6.07, 6.45) is -4.29. The molecular weight excluding hydrogens is 239 g/mol. The Bertz CT molecular complexity index is 506. The minimum Gasteiger partial charge on any atom is -0.316 e. The first kappa shape index (κ1) is 11.4. The number of fused-ring (bicyclic) bond motifs is 1. The van der Waals surface area contributed by atoms with E-state index in [1.807, 2.05) is 5.48 Å². The summed E-state index contributed by atoms with van der Waals surface area (Å²) in [7, 11) is 0. The third-order valence-electron chi connectivity index (χ3n) is 2.14. The molecule has 2 N–H and O–H groups in total. The number of nitrogens with one attached hydrogen (secondary N) is 1. The molecule has 0 amide bonds. The fourth-order valence-corrected chi connectivity index (χ4v) is 2.34. The number of thiophene rings is 1. The monoisotopic (exact) mass is 247 g/mol. The van der Waals surface area contributed by atoms with E-state index in [4.69, 9.17) is 5.21 Å². The zero-order chi connectivity index (χ0) is 11.8. The first-order valence-electron chi connectivity index (χ1n) is 4.47. The van der Waals surface area contributed by atoms with E-state index < -0.39 is 11.1 Å². The molecule has 0 aliphatic carbocycles. The lowest BCUT2D eigenvalue weighted by Gasteiger charge is -1.99. The average molecular weight is 247 g/mol. The summed E-state index contributed by atoms with van der Waals surface area (Å²) in [5.41, 5.74) is 2.70. The second-order valence-electron chi connectivity index (χ2n) is 3.32. The molecule has 6 heteroatoms. The zero-order valence-corrected chi connectivity index (χ0v) is 8.82. The van der Waals surface area contributed by atoms with Gasteiger partial charge in [0.05, 0.1) is 0 Å². The van der Waals surface area contributed by atoms with Crippen molar-refractivity contribution < 1.29 is 18.4 Å². The molecule has 0 spiro atoms. The summed E-state index contributed by atoms with van der Waals surface area (Å²) in [4.78, 5) is -0.600. The molecule has 2 rings (SSSR count). The summed E-state index contributed by atoms with van der Waals surface area (Å²) >= 11 is 0.723. The molecule has 0 aliphatic heterocycles. The maximum atomic E-state index is 12.4. The van der Waals surface area contributed by atoms with Gasteiger partial charge in [-0.05, 0) is 29.1 Å². The Labute approximate surface area is 93.3 Å². The number of halogens is 3. The van der Waals surface area contributed by atoms with E-state index in [-0.39, 0.29) is 6.54 Å². The first-order chi connectivity index (χ1) is 7.50. The molecule has 16 heavy (non-hydrogen) atoms. The van der Waals surface area contributed by atoms with Crippen molar-refractivity contribution in [1.82, 2.24) is 5.48 Å². The molecule has 1 aromatic heterocycles. The fraction of sp³-hybridized carbons (Fsp3) is 0.200. The Morgan fingerprint density at radius 2 is 2.00 bits per heavy atom. The Morgan fingerprint density at radius 1 is 1.25 bits per heavy atom. The average Bonchev–Trinajstić information content (AvgIpc) is 2.60. The van der Waals surface area contributed by atoms with Gasteiger partial charge in [-0.2, -0.15) is 13.2 Å². The van der Waals surface area contributed by atoms with Crippen LogP contribution in [-0.2, 0) is 12.7 Å². The topological polar surface area (TPSA) is 32.3 Å². The Morgan fingerprint density at radius 3 is 2.62 bits per heavy atom. The van der Waals surface area contributed by atoms with Crippen LogP contribution < -0.4 is 5.48 Å². The molecule has 0 bridgehead atoms. The largest absolute Gasteiger partial charge is 0.425 e. The number of rotatable bonds is 2. The SMILES string of the molecule is ONCc1ccc2sc(C(F)(F)F)cc2c1. The predicted octanol–water partition coefficient (Wildman–Crippen LogP) is 3.40. The number of hydrogen-bond donors (Lipinski definition) is 2. The van der Waals surface area contributed by atoms with Gasteiger partial charge in [-0.1, -0.05) is 6.07 Å². The quantitative estimate of drug-likeness (QED) is 0.797. The molecular formula is C10H8F3NOS. The lowest BCUT2D eigenvalue weighted by atomic mass is 10.1. The van der Waals surface area contributed by atoms with Crippen LogP contribution in [0.4, 0.5) is 13.2 Å². The van der Waals surface area contributed by atoms with Crippen molar-refractivity contribution in [2.45, 2.75) is 12.7 Å². The van der Waals surface area contributed by atoms with Gasteiger partial charge in [0.15, 0.2) is 0 Å². The number of alkyl halides is 3. The molecule has 0 radical (unpaired) electrons. The molecule has 0 aliphatic rings. The second kappa shape index (κ2) is 4.04. The van der Waals surface area contributed by atoms with Crippen LogP contribution >= 0.6 is 11.3 Å². The highest BCUT2D eigenvalue weighted by Crippen LogP contribution is 2.38. The molecule has 0 saturated carbocycles. The highest BCUT2D eigenvalue weighted by Gasteiger charge is 2.32. The lowest BCUT2D eigenvalue weighted by Crippen LogP contribution is -2.05. The van der Waals surface area contributed by atoms with Gasteiger partial charge in [-0.15, -0.1) is 11.3 Å². The summed E-state index contributed by atoms with van der Waals surface area (Å²) in [5.74, 6) is 0. The Hall–Kier alpha value is -1.11. The number of hydroxylamine groups is 1.